The number of aliphatic hydroxyl groups is 1. The number of benzene rings is 2. The lowest BCUT2D eigenvalue weighted by molar-refractivity contribution is 0.0944. The van der Waals surface area contributed by atoms with Gasteiger partial charge in [0.05, 0.1) is 12.6 Å². The van der Waals surface area contributed by atoms with Crippen LogP contribution in [0.3, 0.4) is 0 Å². The topological polar surface area (TPSA) is 61.4 Å². The molecule has 1 amide bonds. The Morgan fingerprint density at radius 3 is 2.81 bits per heavy atom. The zero-order chi connectivity index (χ0) is 18.1. The Labute approximate surface area is 161 Å². The van der Waals surface area contributed by atoms with E-state index in [0.29, 0.717) is 17.4 Å². The Hall–Kier alpha value is -2.11. The third-order valence-corrected chi connectivity index (χ3v) is 5.78. The van der Waals surface area contributed by atoms with Crippen molar-refractivity contribution >= 4 is 27.5 Å². The minimum Gasteiger partial charge on any atom is -0.395 e. The molecule has 0 radical (unpaired) electrons. The predicted octanol–water partition coefficient (Wildman–Crippen LogP) is 4.00. The number of nitrogens with one attached hydrogen (secondary N) is 2. The molecule has 4 nitrogen and oxygen atoms in total. The number of hydrogen-bond acceptors (Lipinski definition) is 3. The number of carbonyl (C=O) groups is 1. The van der Waals surface area contributed by atoms with Crippen LogP contribution in [0, 0.1) is 5.92 Å². The highest BCUT2D eigenvalue weighted by Gasteiger charge is 2.38. The molecule has 0 bridgehead atoms. The van der Waals surface area contributed by atoms with Crippen LogP contribution in [0.25, 0.3) is 0 Å². The molecule has 1 aliphatic heterocycles. The van der Waals surface area contributed by atoms with Gasteiger partial charge in [-0.25, -0.2) is 0 Å². The summed E-state index contributed by atoms with van der Waals surface area (Å²) in [4.78, 5) is 12.2. The highest BCUT2D eigenvalue weighted by molar-refractivity contribution is 9.10. The van der Waals surface area contributed by atoms with Gasteiger partial charge in [0, 0.05) is 28.2 Å². The fourth-order valence-corrected chi connectivity index (χ4v) is 4.27. The van der Waals surface area contributed by atoms with E-state index in [0.717, 1.165) is 16.6 Å². The van der Waals surface area contributed by atoms with Crippen LogP contribution in [-0.2, 0) is 0 Å². The van der Waals surface area contributed by atoms with Crippen molar-refractivity contribution in [1.82, 2.24) is 5.32 Å². The maximum atomic E-state index is 12.2. The molecule has 3 atom stereocenters. The third-order valence-electron chi connectivity index (χ3n) is 5.25. The Bertz CT molecular complexity index is 848. The van der Waals surface area contributed by atoms with Gasteiger partial charge < -0.3 is 15.7 Å². The van der Waals surface area contributed by atoms with Crippen molar-refractivity contribution in [3.8, 4) is 0 Å². The Morgan fingerprint density at radius 1 is 1.23 bits per heavy atom. The summed E-state index contributed by atoms with van der Waals surface area (Å²) in [7, 11) is 0. The summed E-state index contributed by atoms with van der Waals surface area (Å²) in [5.41, 5.74) is 4.18. The fourth-order valence-electron chi connectivity index (χ4n) is 4.01. The van der Waals surface area contributed by atoms with E-state index in [4.69, 9.17) is 5.11 Å². The second kappa shape index (κ2) is 7.25. The molecule has 0 unspecified atom stereocenters. The first-order valence-electron chi connectivity index (χ1n) is 8.89. The van der Waals surface area contributed by atoms with Crippen molar-refractivity contribution in [2.24, 2.45) is 5.92 Å². The molecule has 0 fully saturated rings. The smallest absolute Gasteiger partial charge is 0.251 e. The van der Waals surface area contributed by atoms with Crippen molar-refractivity contribution < 1.29 is 9.90 Å². The van der Waals surface area contributed by atoms with E-state index in [1.165, 1.54) is 11.1 Å². The molecule has 0 saturated heterocycles. The van der Waals surface area contributed by atoms with Crippen molar-refractivity contribution in [1.29, 1.82) is 0 Å². The van der Waals surface area contributed by atoms with Crippen LogP contribution in [-0.4, -0.2) is 24.2 Å². The van der Waals surface area contributed by atoms with Crippen LogP contribution in [0.15, 0.2) is 59.1 Å². The largest absolute Gasteiger partial charge is 0.395 e. The van der Waals surface area contributed by atoms with Gasteiger partial charge in [0.15, 0.2) is 0 Å². The van der Waals surface area contributed by atoms with E-state index in [1.807, 2.05) is 18.2 Å². The molecule has 5 heteroatoms. The zero-order valence-electron chi connectivity index (χ0n) is 14.3. The highest BCUT2D eigenvalue weighted by Crippen LogP contribution is 2.49. The first-order valence-corrected chi connectivity index (χ1v) is 9.68. The highest BCUT2D eigenvalue weighted by atomic mass is 79.9. The second-order valence-electron chi connectivity index (χ2n) is 6.81. The number of fused-ring (bicyclic) bond motifs is 3. The number of hydrogen-bond donors (Lipinski definition) is 3. The van der Waals surface area contributed by atoms with Gasteiger partial charge in [-0.15, -0.1) is 0 Å². The maximum Gasteiger partial charge on any atom is 0.251 e. The summed E-state index contributed by atoms with van der Waals surface area (Å²) in [6.45, 7) is 0.215. The lowest BCUT2D eigenvalue weighted by Crippen LogP contribution is -2.30. The minimum absolute atomic E-state index is 0.0550. The standard InChI is InChI=1S/C21H21BrN2O2/c22-15-7-4-13(5-8-15)20-17-3-1-2-16(17)18-12-14(6-9-19(18)24-20)21(26)23-10-11-25/h1-2,4-9,12,16-17,20,24-25H,3,10-11H2,(H,23,26)/t16-,17-,20+/m1/s1. The molecule has 3 N–H and O–H groups in total. The van der Waals surface area contributed by atoms with E-state index in [2.05, 4.69) is 63.0 Å². The summed E-state index contributed by atoms with van der Waals surface area (Å²) in [6.07, 6.45) is 5.54. The summed E-state index contributed by atoms with van der Waals surface area (Å²) >= 11 is 3.50. The normalized spacial score (nSPS) is 23.1. The van der Waals surface area contributed by atoms with E-state index in [9.17, 15) is 4.79 Å². The van der Waals surface area contributed by atoms with Crippen LogP contribution in [0.4, 0.5) is 5.69 Å². The number of allylic oxidation sites excluding steroid dienone is 2. The quantitative estimate of drug-likeness (QED) is 0.665. The summed E-state index contributed by atoms with van der Waals surface area (Å²) in [5, 5.41) is 15.3. The first-order chi connectivity index (χ1) is 12.7. The Morgan fingerprint density at radius 2 is 2.04 bits per heavy atom. The molecular formula is C21H21BrN2O2. The van der Waals surface area contributed by atoms with Gasteiger partial charge in [-0.2, -0.15) is 0 Å². The lowest BCUT2D eigenvalue weighted by Gasteiger charge is -2.37. The fraction of sp³-hybridized carbons (Fsp3) is 0.286. The van der Waals surface area contributed by atoms with Crippen LogP contribution in [0.2, 0.25) is 0 Å². The number of amides is 1. The first kappa shape index (κ1) is 17.3. The van der Waals surface area contributed by atoms with Gasteiger partial charge in [-0.3, -0.25) is 4.79 Å². The molecule has 2 aliphatic rings. The van der Waals surface area contributed by atoms with E-state index in [-0.39, 0.29) is 25.1 Å². The molecule has 0 saturated carbocycles. The third kappa shape index (κ3) is 3.17. The van der Waals surface area contributed by atoms with Crippen molar-refractivity contribution in [2.75, 3.05) is 18.5 Å². The minimum atomic E-state index is -0.143. The van der Waals surface area contributed by atoms with Gasteiger partial charge >= 0.3 is 0 Å². The number of halogens is 1. The van der Waals surface area contributed by atoms with E-state index < -0.39 is 0 Å². The average Bonchev–Trinajstić information content (AvgIpc) is 3.16. The number of anilines is 1. The zero-order valence-corrected chi connectivity index (χ0v) is 15.9. The Balaban J connectivity index is 1.66. The van der Waals surface area contributed by atoms with E-state index >= 15 is 0 Å². The van der Waals surface area contributed by atoms with Crippen LogP contribution >= 0.6 is 15.9 Å². The van der Waals surface area contributed by atoms with Gasteiger partial charge in [0.2, 0.25) is 0 Å². The molecule has 2 aromatic rings. The summed E-state index contributed by atoms with van der Waals surface area (Å²) in [6, 6.07) is 14.6. The number of rotatable bonds is 4. The molecule has 26 heavy (non-hydrogen) atoms. The van der Waals surface area contributed by atoms with Crippen LogP contribution < -0.4 is 10.6 Å². The molecular weight excluding hydrogens is 392 g/mol. The molecule has 134 valence electrons. The number of aliphatic hydroxyl groups excluding tert-OH is 1. The SMILES string of the molecule is O=C(NCCO)c1ccc2c(c1)[C@@H]1C=CC[C@H]1[C@H](c1ccc(Br)cc1)N2. The molecule has 2 aromatic carbocycles. The maximum absolute atomic E-state index is 12.2. The Kier molecular flexibility index (Phi) is 4.83. The van der Waals surface area contributed by atoms with Crippen molar-refractivity contribution in [2.45, 2.75) is 18.4 Å². The summed E-state index contributed by atoms with van der Waals surface area (Å²) in [5.74, 6) is 0.611. The average molecular weight is 413 g/mol. The lowest BCUT2D eigenvalue weighted by atomic mass is 9.76. The molecule has 1 aliphatic carbocycles. The van der Waals surface area contributed by atoms with Crippen LogP contribution in [0.5, 0.6) is 0 Å². The second-order valence-corrected chi connectivity index (χ2v) is 7.72. The summed E-state index contributed by atoms with van der Waals surface area (Å²) < 4.78 is 1.08. The number of carbonyl (C=O) groups excluding carboxylic acids is 1. The van der Waals surface area contributed by atoms with E-state index in [1.54, 1.807) is 0 Å². The van der Waals surface area contributed by atoms with Gasteiger partial charge in [0.1, 0.15) is 0 Å². The molecule has 0 aromatic heterocycles. The van der Waals surface area contributed by atoms with Crippen molar-refractivity contribution in [3.05, 3.63) is 75.8 Å². The predicted molar refractivity (Wildman–Crippen MR) is 106 cm³/mol. The van der Waals surface area contributed by atoms with Crippen molar-refractivity contribution in [3.63, 3.8) is 0 Å². The monoisotopic (exact) mass is 412 g/mol. The molecule has 1 heterocycles. The van der Waals surface area contributed by atoms with Gasteiger partial charge in [0.25, 0.3) is 5.91 Å². The molecule has 0 spiro atoms. The van der Waals surface area contributed by atoms with Crippen LogP contribution in [0.1, 0.15) is 39.9 Å². The van der Waals surface area contributed by atoms with Gasteiger partial charge in [-0.05, 0) is 53.8 Å². The molecule has 4 rings (SSSR count). The van der Waals surface area contributed by atoms with Gasteiger partial charge in [-0.1, -0.05) is 40.2 Å².